The average molecular weight is 475 g/mol. The molecule has 1 saturated heterocycles. The summed E-state index contributed by atoms with van der Waals surface area (Å²) in [7, 11) is 0. The van der Waals surface area contributed by atoms with Gasteiger partial charge in [-0.25, -0.2) is 4.39 Å². The monoisotopic (exact) mass is 475 g/mol. The summed E-state index contributed by atoms with van der Waals surface area (Å²) in [5.74, 6) is -1.12. The first-order chi connectivity index (χ1) is 16.6. The number of fused-ring (bicyclic) bond motifs is 1. The second-order valence-electron chi connectivity index (χ2n) is 7.67. The molecule has 1 fully saturated rings. The van der Waals surface area contributed by atoms with Crippen molar-refractivity contribution in [3.63, 3.8) is 0 Å². The molecule has 0 bridgehead atoms. The highest BCUT2D eigenvalue weighted by Gasteiger charge is 2.35. The zero-order chi connectivity index (χ0) is 23.9. The van der Waals surface area contributed by atoms with Crippen LogP contribution >= 0.6 is 0 Å². The van der Waals surface area contributed by atoms with Crippen LogP contribution in [0.1, 0.15) is 32.6 Å². The van der Waals surface area contributed by atoms with E-state index in [1.807, 2.05) is 0 Å². The van der Waals surface area contributed by atoms with Crippen LogP contribution in [0.2, 0.25) is 0 Å². The molecule has 10 heteroatoms. The van der Waals surface area contributed by atoms with Gasteiger partial charge in [0.05, 0.1) is 57.3 Å². The van der Waals surface area contributed by atoms with Crippen molar-refractivity contribution in [1.82, 2.24) is 4.90 Å². The lowest BCUT2D eigenvalue weighted by atomic mass is 10.1. The number of halogens is 1. The average Bonchev–Trinajstić information content (AvgIpc) is 3.10. The molecule has 0 aromatic heterocycles. The SMILES string of the molecule is O=C1c2ccccc2C(=O)N1CCOC1COC(c2ccc(OCCOCCO)c(F)c2)OC1. The van der Waals surface area contributed by atoms with Crippen LogP contribution in [0, 0.1) is 5.82 Å². The molecule has 0 atom stereocenters. The number of hydrogen-bond acceptors (Lipinski definition) is 8. The molecule has 9 nitrogen and oxygen atoms in total. The van der Waals surface area contributed by atoms with Crippen LogP contribution in [0.15, 0.2) is 42.5 Å². The van der Waals surface area contributed by atoms with Gasteiger partial charge in [0.25, 0.3) is 11.8 Å². The molecule has 2 aromatic carbocycles. The molecule has 0 spiro atoms. The van der Waals surface area contributed by atoms with Gasteiger partial charge in [-0.2, -0.15) is 0 Å². The van der Waals surface area contributed by atoms with Gasteiger partial charge in [-0.05, 0) is 24.3 Å². The normalized spacial score (nSPS) is 20.0. The van der Waals surface area contributed by atoms with Gasteiger partial charge >= 0.3 is 0 Å². The standard InChI is InChI=1S/C24H26FNO8/c25-20-13-16(5-6-21(20)32-12-11-30-10-8-27)24-33-14-17(15-34-24)31-9-7-26-22(28)18-3-1-2-4-19(18)23(26)29/h1-6,13,17,24,27H,7-12,14-15H2. The van der Waals surface area contributed by atoms with Crippen molar-refractivity contribution in [2.24, 2.45) is 0 Å². The molecule has 0 radical (unpaired) electrons. The summed E-state index contributed by atoms with van der Waals surface area (Å²) in [6, 6.07) is 11.1. The summed E-state index contributed by atoms with van der Waals surface area (Å²) in [4.78, 5) is 25.9. The van der Waals surface area contributed by atoms with Crippen molar-refractivity contribution < 1.29 is 42.8 Å². The van der Waals surface area contributed by atoms with Crippen molar-refractivity contribution >= 4 is 11.8 Å². The van der Waals surface area contributed by atoms with Crippen LogP contribution in [-0.2, 0) is 18.9 Å². The fourth-order valence-corrected chi connectivity index (χ4v) is 3.69. The number of hydrogen-bond donors (Lipinski definition) is 1. The van der Waals surface area contributed by atoms with E-state index in [0.717, 1.165) is 0 Å². The number of nitrogens with zero attached hydrogens (tertiary/aromatic N) is 1. The first-order valence-electron chi connectivity index (χ1n) is 11.0. The van der Waals surface area contributed by atoms with Crippen LogP contribution in [0.4, 0.5) is 4.39 Å². The van der Waals surface area contributed by atoms with E-state index in [9.17, 15) is 14.0 Å². The summed E-state index contributed by atoms with van der Waals surface area (Å²) in [6.45, 7) is 1.23. The maximum Gasteiger partial charge on any atom is 0.261 e. The minimum absolute atomic E-state index is 0.0804. The third-order valence-electron chi connectivity index (χ3n) is 5.36. The van der Waals surface area contributed by atoms with Crippen LogP contribution in [0.3, 0.4) is 0 Å². The molecule has 2 heterocycles. The fourth-order valence-electron chi connectivity index (χ4n) is 3.69. The molecular formula is C24H26FNO8. The van der Waals surface area contributed by atoms with E-state index in [1.54, 1.807) is 30.3 Å². The summed E-state index contributed by atoms with van der Waals surface area (Å²) in [5, 5.41) is 8.65. The van der Waals surface area contributed by atoms with Gasteiger partial charge in [0, 0.05) is 5.56 Å². The Morgan fingerprint density at radius 1 is 0.971 bits per heavy atom. The molecule has 0 unspecified atom stereocenters. The Morgan fingerprint density at radius 3 is 2.32 bits per heavy atom. The molecule has 1 N–H and O–H groups in total. The highest BCUT2D eigenvalue weighted by Crippen LogP contribution is 2.28. The third-order valence-corrected chi connectivity index (χ3v) is 5.36. The lowest BCUT2D eigenvalue weighted by molar-refractivity contribution is -0.230. The van der Waals surface area contributed by atoms with E-state index in [4.69, 9.17) is 28.8 Å². The highest BCUT2D eigenvalue weighted by atomic mass is 19.1. The molecule has 2 aromatic rings. The zero-order valence-electron chi connectivity index (χ0n) is 18.5. The first-order valence-corrected chi connectivity index (χ1v) is 11.0. The molecular weight excluding hydrogens is 449 g/mol. The molecule has 4 rings (SSSR count). The van der Waals surface area contributed by atoms with E-state index in [2.05, 4.69) is 0 Å². The highest BCUT2D eigenvalue weighted by molar-refractivity contribution is 6.21. The fraction of sp³-hybridized carbons (Fsp3) is 0.417. The van der Waals surface area contributed by atoms with E-state index >= 15 is 0 Å². The summed E-state index contributed by atoms with van der Waals surface area (Å²) < 4.78 is 41.8. The van der Waals surface area contributed by atoms with Gasteiger partial charge in [-0.1, -0.05) is 18.2 Å². The lowest BCUT2D eigenvalue weighted by Gasteiger charge is -2.30. The van der Waals surface area contributed by atoms with Crippen LogP contribution in [0.25, 0.3) is 0 Å². The predicted molar refractivity (Wildman–Crippen MR) is 116 cm³/mol. The number of aliphatic hydroxyl groups excluding tert-OH is 1. The number of benzene rings is 2. The number of carbonyl (C=O) groups excluding carboxylic acids is 2. The molecule has 0 aliphatic carbocycles. The summed E-state index contributed by atoms with van der Waals surface area (Å²) >= 11 is 0. The second-order valence-corrected chi connectivity index (χ2v) is 7.67. The molecule has 2 amide bonds. The Kier molecular flexibility index (Phi) is 8.20. The Labute approximate surface area is 195 Å². The number of ether oxygens (including phenoxy) is 5. The van der Waals surface area contributed by atoms with Crippen molar-refractivity contribution in [2.45, 2.75) is 12.4 Å². The van der Waals surface area contributed by atoms with Gasteiger partial charge in [0.2, 0.25) is 0 Å². The van der Waals surface area contributed by atoms with Crippen molar-refractivity contribution in [3.05, 3.63) is 65.0 Å². The minimum Gasteiger partial charge on any atom is -0.488 e. The van der Waals surface area contributed by atoms with Gasteiger partial charge in [-0.15, -0.1) is 0 Å². The zero-order valence-corrected chi connectivity index (χ0v) is 18.5. The Morgan fingerprint density at radius 2 is 1.68 bits per heavy atom. The minimum atomic E-state index is -0.743. The van der Waals surface area contributed by atoms with Crippen molar-refractivity contribution in [1.29, 1.82) is 0 Å². The molecule has 0 saturated carbocycles. The van der Waals surface area contributed by atoms with Crippen LogP contribution in [0.5, 0.6) is 5.75 Å². The smallest absolute Gasteiger partial charge is 0.261 e. The molecule has 2 aliphatic heterocycles. The van der Waals surface area contributed by atoms with Gasteiger partial charge < -0.3 is 28.8 Å². The van der Waals surface area contributed by atoms with E-state index in [0.29, 0.717) is 16.7 Å². The van der Waals surface area contributed by atoms with Crippen LogP contribution in [-0.4, -0.2) is 80.7 Å². The Bertz CT molecular complexity index is 973. The predicted octanol–water partition coefficient (Wildman–Crippen LogP) is 1.94. The summed E-state index contributed by atoms with van der Waals surface area (Å²) in [5.41, 5.74) is 1.31. The van der Waals surface area contributed by atoms with Crippen molar-refractivity contribution in [3.8, 4) is 5.75 Å². The maximum atomic E-state index is 14.3. The van der Waals surface area contributed by atoms with Gasteiger partial charge in [0.15, 0.2) is 17.9 Å². The maximum absolute atomic E-state index is 14.3. The third kappa shape index (κ3) is 5.60. The van der Waals surface area contributed by atoms with Crippen molar-refractivity contribution in [2.75, 3.05) is 52.8 Å². The molecule has 182 valence electrons. The number of carbonyl (C=O) groups is 2. The topological polar surface area (TPSA) is 104 Å². The number of amides is 2. The number of aliphatic hydroxyl groups is 1. The lowest BCUT2D eigenvalue weighted by Crippen LogP contribution is -2.37. The number of rotatable bonds is 11. The largest absolute Gasteiger partial charge is 0.488 e. The van der Waals surface area contributed by atoms with Gasteiger partial charge in [0.1, 0.15) is 12.7 Å². The van der Waals surface area contributed by atoms with E-state index in [-0.39, 0.29) is 76.5 Å². The number of imide groups is 1. The first kappa shape index (κ1) is 24.2. The molecule has 34 heavy (non-hydrogen) atoms. The Balaban J connectivity index is 1.19. The van der Waals surface area contributed by atoms with E-state index in [1.165, 1.54) is 17.0 Å². The van der Waals surface area contributed by atoms with Gasteiger partial charge in [-0.3, -0.25) is 14.5 Å². The molecule has 2 aliphatic rings. The van der Waals surface area contributed by atoms with E-state index < -0.39 is 12.1 Å². The quantitative estimate of drug-likeness (QED) is 0.389. The second kappa shape index (κ2) is 11.5. The Hall–Kier alpha value is -2.89. The summed E-state index contributed by atoms with van der Waals surface area (Å²) in [6.07, 6.45) is -1.12. The van der Waals surface area contributed by atoms with Crippen LogP contribution < -0.4 is 4.74 Å².